The summed E-state index contributed by atoms with van der Waals surface area (Å²) in [6.45, 7) is 4.01. The van der Waals surface area contributed by atoms with Crippen molar-refractivity contribution in [3.8, 4) is 17.6 Å². The number of nitrogens with two attached hydrogens (primary N) is 1. The lowest BCUT2D eigenvalue weighted by molar-refractivity contribution is 0.401. The van der Waals surface area contributed by atoms with Crippen LogP contribution < -0.4 is 15.2 Å². The van der Waals surface area contributed by atoms with Gasteiger partial charge in [-0.15, -0.1) is 11.3 Å². The van der Waals surface area contributed by atoms with Crippen LogP contribution in [0.5, 0.6) is 11.5 Å². The fourth-order valence-corrected chi connectivity index (χ4v) is 4.75. The Morgan fingerprint density at radius 1 is 1.27 bits per heavy atom. The highest BCUT2D eigenvalue weighted by molar-refractivity contribution is 7.19. The number of rotatable bonds is 2. The lowest BCUT2D eigenvalue weighted by Gasteiger charge is -2.24. The van der Waals surface area contributed by atoms with Gasteiger partial charge in [-0.3, -0.25) is 0 Å². The van der Waals surface area contributed by atoms with Crippen molar-refractivity contribution in [3.05, 3.63) is 63.5 Å². The van der Waals surface area contributed by atoms with Gasteiger partial charge in [0.15, 0.2) is 5.75 Å². The number of fused-ring (bicyclic) bond motifs is 3. The van der Waals surface area contributed by atoms with Crippen LogP contribution in [0.2, 0.25) is 0 Å². The van der Waals surface area contributed by atoms with Crippen molar-refractivity contribution >= 4 is 21.6 Å². The number of nitriles is 1. The van der Waals surface area contributed by atoms with Gasteiger partial charge in [0.1, 0.15) is 22.2 Å². The highest BCUT2D eigenvalue weighted by atomic mass is 32.1. The molecule has 3 heterocycles. The van der Waals surface area contributed by atoms with Gasteiger partial charge in [0.25, 0.3) is 0 Å². The van der Waals surface area contributed by atoms with E-state index in [2.05, 4.69) is 11.1 Å². The Kier molecular flexibility index (Phi) is 3.82. The maximum atomic E-state index is 9.69. The van der Waals surface area contributed by atoms with Crippen LogP contribution in [-0.4, -0.2) is 12.1 Å². The first-order chi connectivity index (χ1) is 12.5. The molecule has 0 saturated heterocycles. The Labute approximate surface area is 155 Å². The SMILES string of the molecule is COc1ccc([C@@H]2C(C#N)=C(N)Oc3c2sc2nc(C)cc(C)c32)cc1. The Hall–Kier alpha value is -3.04. The van der Waals surface area contributed by atoms with Crippen molar-refractivity contribution in [2.45, 2.75) is 19.8 Å². The number of hydrogen-bond donors (Lipinski definition) is 1. The molecule has 6 heteroatoms. The summed E-state index contributed by atoms with van der Waals surface area (Å²) in [5, 5.41) is 10.7. The minimum atomic E-state index is -0.270. The molecule has 0 spiro atoms. The van der Waals surface area contributed by atoms with E-state index in [0.29, 0.717) is 11.3 Å². The molecule has 1 aliphatic heterocycles. The molecule has 0 aliphatic carbocycles. The number of ether oxygens (including phenoxy) is 2. The summed E-state index contributed by atoms with van der Waals surface area (Å²) >= 11 is 1.55. The molecule has 1 aliphatic rings. The van der Waals surface area contributed by atoms with Gasteiger partial charge in [-0.1, -0.05) is 12.1 Å². The zero-order chi connectivity index (χ0) is 18.4. The zero-order valence-corrected chi connectivity index (χ0v) is 15.5. The highest BCUT2D eigenvalue weighted by Gasteiger charge is 2.34. The largest absolute Gasteiger partial charge is 0.497 e. The molecule has 2 N–H and O–H groups in total. The van der Waals surface area contributed by atoms with E-state index in [-0.39, 0.29) is 11.8 Å². The van der Waals surface area contributed by atoms with Crippen LogP contribution in [0.25, 0.3) is 10.2 Å². The summed E-state index contributed by atoms with van der Waals surface area (Å²) < 4.78 is 11.1. The smallest absolute Gasteiger partial charge is 0.205 e. The number of nitrogens with zero attached hydrogens (tertiary/aromatic N) is 2. The number of aryl methyl sites for hydroxylation is 2. The fraction of sp³-hybridized carbons (Fsp3) is 0.200. The minimum absolute atomic E-state index is 0.153. The van der Waals surface area contributed by atoms with Crippen LogP contribution in [0.15, 0.2) is 41.8 Å². The number of hydrogen-bond acceptors (Lipinski definition) is 6. The van der Waals surface area contributed by atoms with E-state index in [1.165, 1.54) is 0 Å². The molecule has 0 radical (unpaired) electrons. The second-order valence-electron chi connectivity index (χ2n) is 6.25. The molecule has 3 aromatic rings. The molecular weight excluding hydrogens is 346 g/mol. The lowest BCUT2D eigenvalue weighted by atomic mass is 9.88. The quantitative estimate of drug-likeness (QED) is 0.740. The summed E-state index contributed by atoms with van der Waals surface area (Å²) in [4.78, 5) is 6.51. The number of thiophene rings is 1. The number of methoxy groups -OCH3 is 1. The average molecular weight is 363 g/mol. The predicted molar refractivity (Wildman–Crippen MR) is 101 cm³/mol. The molecule has 4 rings (SSSR count). The van der Waals surface area contributed by atoms with Crippen LogP contribution in [0.1, 0.15) is 27.6 Å². The molecule has 0 saturated carbocycles. The number of pyridine rings is 1. The van der Waals surface area contributed by atoms with E-state index in [1.54, 1.807) is 18.4 Å². The van der Waals surface area contributed by atoms with Crippen LogP contribution in [0.4, 0.5) is 0 Å². The average Bonchev–Trinajstić information content (AvgIpc) is 2.98. The molecule has 0 unspecified atom stereocenters. The van der Waals surface area contributed by atoms with Gasteiger partial charge in [0.05, 0.1) is 23.3 Å². The van der Waals surface area contributed by atoms with Crippen LogP contribution in [-0.2, 0) is 0 Å². The third kappa shape index (κ3) is 2.40. The molecule has 130 valence electrons. The van der Waals surface area contributed by atoms with Crippen LogP contribution in [0.3, 0.4) is 0 Å². The Morgan fingerprint density at radius 3 is 2.65 bits per heavy atom. The fourth-order valence-electron chi connectivity index (χ4n) is 3.39. The van der Waals surface area contributed by atoms with Gasteiger partial charge in [-0.25, -0.2) is 4.98 Å². The summed E-state index contributed by atoms with van der Waals surface area (Å²) in [7, 11) is 1.63. The molecule has 0 bridgehead atoms. The van der Waals surface area contributed by atoms with Crippen molar-refractivity contribution in [1.29, 1.82) is 5.26 Å². The van der Waals surface area contributed by atoms with Crippen molar-refractivity contribution < 1.29 is 9.47 Å². The number of aromatic nitrogens is 1. The third-order valence-corrected chi connectivity index (χ3v) is 5.70. The van der Waals surface area contributed by atoms with Crippen molar-refractivity contribution in [2.75, 3.05) is 7.11 Å². The summed E-state index contributed by atoms with van der Waals surface area (Å²) in [5.74, 6) is 1.36. The third-order valence-electron chi connectivity index (χ3n) is 4.57. The van der Waals surface area contributed by atoms with Gasteiger partial charge >= 0.3 is 0 Å². The van der Waals surface area contributed by atoms with Crippen molar-refractivity contribution in [3.63, 3.8) is 0 Å². The van der Waals surface area contributed by atoms with Gasteiger partial charge in [-0.05, 0) is 43.2 Å². The van der Waals surface area contributed by atoms with Gasteiger partial charge < -0.3 is 15.2 Å². The monoisotopic (exact) mass is 363 g/mol. The van der Waals surface area contributed by atoms with E-state index in [0.717, 1.165) is 37.7 Å². The van der Waals surface area contributed by atoms with E-state index >= 15 is 0 Å². The Morgan fingerprint density at radius 2 is 2.00 bits per heavy atom. The Balaban J connectivity index is 1.98. The zero-order valence-electron chi connectivity index (χ0n) is 14.7. The molecular formula is C20H17N3O2S. The second kappa shape index (κ2) is 6.04. The standard InChI is InChI=1S/C20H17N3O2S/c1-10-8-11(2)23-20-15(10)17-18(26-20)16(14(9-21)19(22)25-17)12-4-6-13(24-3)7-5-12/h4-8,16H,22H2,1-3H3/t16-/m1/s1. The van der Waals surface area contributed by atoms with E-state index < -0.39 is 0 Å². The van der Waals surface area contributed by atoms with Gasteiger partial charge in [-0.2, -0.15) is 5.26 Å². The minimum Gasteiger partial charge on any atom is -0.497 e. The first-order valence-electron chi connectivity index (χ1n) is 8.15. The summed E-state index contributed by atoms with van der Waals surface area (Å²) in [5.41, 5.74) is 9.55. The normalized spacial score (nSPS) is 16.2. The molecule has 2 aromatic heterocycles. The van der Waals surface area contributed by atoms with Gasteiger partial charge in [0, 0.05) is 5.69 Å². The van der Waals surface area contributed by atoms with Crippen molar-refractivity contribution in [1.82, 2.24) is 4.98 Å². The maximum absolute atomic E-state index is 9.69. The molecule has 0 amide bonds. The first kappa shape index (κ1) is 16.4. The van der Waals surface area contributed by atoms with E-state index in [9.17, 15) is 5.26 Å². The van der Waals surface area contributed by atoms with E-state index in [1.807, 2.05) is 44.2 Å². The molecule has 1 atom stereocenters. The Bertz CT molecular complexity index is 1090. The maximum Gasteiger partial charge on any atom is 0.205 e. The van der Waals surface area contributed by atoms with E-state index in [4.69, 9.17) is 15.2 Å². The molecule has 26 heavy (non-hydrogen) atoms. The number of allylic oxidation sites excluding steroid dienone is 1. The summed E-state index contributed by atoms with van der Waals surface area (Å²) in [6, 6.07) is 11.9. The second-order valence-corrected chi connectivity index (χ2v) is 7.28. The summed E-state index contributed by atoms with van der Waals surface area (Å²) in [6.07, 6.45) is 0. The highest BCUT2D eigenvalue weighted by Crippen LogP contribution is 2.50. The van der Waals surface area contributed by atoms with Gasteiger partial charge in [0.2, 0.25) is 5.88 Å². The topological polar surface area (TPSA) is 81.2 Å². The molecule has 1 aromatic carbocycles. The first-order valence-corrected chi connectivity index (χ1v) is 8.97. The molecule has 5 nitrogen and oxygen atoms in total. The van der Waals surface area contributed by atoms with Crippen LogP contribution >= 0.6 is 11.3 Å². The van der Waals surface area contributed by atoms with Crippen molar-refractivity contribution in [2.24, 2.45) is 5.73 Å². The number of benzene rings is 1. The van der Waals surface area contributed by atoms with Crippen LogP contribution in [0, 0.1) is 25.2 Å². The lowest BCUT2D eigenvalue weighted by Crippen LogP contribution is -2.19. The molecule has 0 fully saturated rings. The predicted octanol–water partition coefficient (Wildman–Crippen LogP) is 4.14.